The van der Waals surface area contributed by atoms with Gasteiger partial charge in [-0.25, -0.2) is 21.6 Å². The molecule has 398 valence electrons. The molecule has 4 N–H and O–H groups in total. The van der Waals surface area contributed by atoms with Crippen molar-refractivity contribution in [1.82, 2.24) is 19.4 Å². The molecule has 73 heavy (non-hydrogen) atoms. The van der Waals surface area contributed by atoms with Crippen molar-refractivity contribution in [2.24, 2.45) is 11.1 Å². The molecule has 1 amide bonds. The number of hydrogen-bond donors (Lipinski definition) is 3. The maximum atomic E-state index is 14.2. The van der Waals surface area contributed by atoms with E-state index in [2.05, 4.69) is 44.0 Å². The van der Waals surface area contributed by atoms with Crippen molar-refractivity contribution in [3.8, 4) is 0 Å². The molecule has 3 heterocycles. The molecular formula is C52H66Cl2F3N7O6S3. The van der Waals surface area contributed by atoms with Crippen LogP contribution in [-0.4, -0.2) is 146 Å². The highest BCUT2D eigenvalue weighted by Gasteiger charge is 2.48. The van der Waals surface area contributed by atoms with Crippen molar-refractivity contribution in [3.63, 3.8) is 0 Å². The molecule has 3 atom stereocenters. The van der Waals surface area contributed by atoms with Crippen LogP contribution in [0.1, 0.15) is 61.4 Å². The number of benzene rings is 4. The third-order valence-electron chi connectivity index (χ3n) is 14.2. The summed E-state index contributed by atoms with van der Waals surface area (Å²) < 4.78 is 104. The van der Waals surface area contributed by atoms with Gasteiger partial charge in [0, 0.05) is 104 Å². The molecule has 0 radical (unpaired) electrons. The number of piperazine rings is 1. The fourth-order valence-corrected chi connectivity index (χ4v) is 13.4. The van der Waals surface area contributed by atoms with E-state index in [-0.39, 0.29) is 29.4 Å². The smallest absolute Gasteiger partial charge is 0.380 e. The quantitative estimate of drug-likeness (QED) is 0.0815. The van der Waals surface area contributed by atoms with Crippen LogP contribution in [0.2, 0.25) is 5.02 Å². The first kappa shape index (κ1) is 56.8. The monoisotopic (exact) mass is 1110 g/mol. The van der Waals surface area contributed by atoms with Gasteiger partial charge in [-0.2, -0.15) is 13.2 Å². The number of amides is 1. The fourth-order valence-electron chi connectivity index (χ4n) is 10.3. The highest BCUT2D eigenvalue weighted by Crippen LogP contribution is 2.44. The number of carbonyl (C=O) groups excluding carboxylic acids is 1. The molecule has 3 saturated heterocycles. The molecule has 3 fully saturated rings. The number of nitrogens with one attached hydrogen (secondary N) is 2. The predicted molar refractivity (Wildman–Crippen MR) is 287 cm³/mol. The number of sulfone groups is 1. The van der Waals surface area contributed by atoms with E-state index in [9.17, 15) is 34.8 Å². The first-order valence-electron chi connectivity index (χ1n) is 24.6. The molecule has 2 unspecified atom stereocenters. The van der Waals surface area contributed by atoms with Crippen LogP contribution in [0.4, 0.5) is 24.5 Å². The fraction of sp³-hybridized carbons (Fsp3) is 0.481. The van der Waals surface area contributed by atoms with Gasteiger partial charge in [-0.3, -0.25) is 14.6 Å². The summed E-state index contributed by atoms with van der Waals surface area (Å²) in [6.07, 6.45) is 5.74. The molecule has 0 saturated carbocycles. The number of hydrogen-bond acceptors (Lipinski definition) is 13. The molecule has 3 aliphatic heterocycles. The van der Waals surface area contributed by atoms with Gasteiger partial charge in [-0.05, 0) is 128 Å². The Hall–Kier alpha value is -3.89. The summed E-state index contributed by atoms with van der Waals surface area (Å²) in [5.74, 6) is -0.659. The zero-order chi connectivity index (χ0) is 51.1. The van der Waals surface area contributed by atoms with Gasteiger partial charge < -0.3 is 25.6 Å². The Morgan fingerprint density at radius 1 is 0.890 bits per heavy atom. The number of carbonyl (C=O) groups is 1. The number of ether oxygens (including phenoxy) is 1. The number of thioether (sulfide) groups is 1. The van der Waals surface area contributed by atoms with Crippen molar-refractivity contribution in [1.29, 1.82) is 0 Å². The molecule has 4 aromatic rings. The van der Waals surface area contributed by atoms with Gasteiger partial charge in [0.05, 0.1) is 23.8 Å². The molecule has 4 aromatic carbocycles. The lowest BCUT2D eigenvalue weighted by atomic mass is 9.71. The molecule has 13 nitrogen and oxygen atoms in total. The summed E-state index contributed by atoms with van der Waals surface area (Å²) in [5.41, 5.74) is 5.25. The van der Waals surface area contributed by atoms with Crippen molar-refractivity contribution in [2.75, 3.05) is 101 Å². The minimum absolute atomic E-state index is 0. The maximum Gasteiger partial charge on any atom is 0.501 e. The molecule has 21 heteroatoms. The summed E-state index contributed by atoms with van der Waals surface area (Å²) in [5, 5.41) is 3.71. The first-order chi connectivity index (χ1) is 34.3. The Bertz CT molecular complexity index is 2750. The van der Waals surface area contributed by atoms with Gasteiger partial charge in [0.15, 0.2) is 0 Å². The van der Waals surface area contributed by atoms with Crippen molar-refractivity contribution < 1.29 is 39.5 Å². The number of likely N-dealkylation sites (tertiary alicyclic amines) is 1. The van der Waals surface area contributed by atoms with E-state index in [4.69, 9.17) is 22.1 Å². The number of allylic oxidation sites excluding steroid dienone is 1. The summed E-state index contributed by atoms with van der Waals surface area (Å²) in [7, 11) is -10.9. The number of halogens is 5. The average Bonchev–Trinajstić information content (AvgIpc) is 3.35. The minimum atomic E-state index is -6.06. The number of nitrogens with two attached hydrogens (primary N) is 1. The van der Waals surface area contributed by atoms with Crippen LogP contribution in [0, 0.1) is 5.41 Å². The highest BCUT2D eigenvalue weighted by atomic mass is 35.5. The van der Waals surface area contributed by atoms with Gasteiger partial charge in [-0.15, -0.1) is 24.2 Å². The lowest BCUT2D eigenvalue weighted by molar-refractivity contribution is -0.0435. The van der Waals surface area contributed by atoms with E-state index in [1.54, 1.807) is 12.1 Å². The lowest BCUT2D eigenvalue weighted by Crippen LogP contribution is -2.49. The molecular weight excluding hydrogens is 1040 g/mol. The maximum absolute atomic E-state index is 14.2. The van der Waals surface area contributed by atoms with Crippen molar-refractivity contribution in [3.05, 3.63) is 119 Å². The molecule has 0 spiro atoms. The van der Waals surface area contributed by atoms with Crippen LogP contribution in [0.25, 0.3) is 5.57 Å². The van der Waals surface area contributed by atoms with Gasteiger partial charge in [-0.1, -0.05) is 54.4 Å². The van der Waals surface area contributed by atoms with E-state index in [1.807, 2.05) is 47.2 Å². The third-order valence-corrected chi connectivity index (χ3v) is 18.5. The average molecular weight is 1110 g/mol. The van der Waals surface area contributed by atoms with E-state index < -0.39 is 52.8 Å². The molecule has 1 aliphatic carbocycles. The predicted octanol–water partition coefficient (Wildman–Crippen LogP) is 8.66. The Kier molecular flexibility index (Phi) is 19.3. The molecule has 4 aliphatic rings. The Morgan fingerprint density at radius 2 is 1.59 bits per heavy atom. The normalized spacial score (nSPS) is 21.3. The summed E-state index contributed by atoms with van der Waals surface area (Å²) >= 11 is 7.74. The highest BCUT2D eigenvalue weighted by molar-refractivity contribution is 7.99. The zero-order valence-corrected chi connectivity index (χ0v) is 45.0. The Labute approximate surface area is 443 Å². The van der Waals surface area contributed by atoms with Gasteiger partial charge >= 0.3 is 5.51 Å². The van der Waals surface area contributed by atoms with Crippen LogP contribution < -0.4 is 20.7 Å². The second kappa shape index (κ2) is 24.8. The standard InChI is InChI=1S/C52H65ClF3N7O6S3.ClH/c1-51(37-62-22-5-6-42(57)35-62)21-19-47(38-9-13-41(53)14-10-38)40(33-51)34-61-24-26-63(27-25-61)44-15-11-39(12-16-44)50(64)59-72(67,68)46-17-18-48(49(32-46)71(65,66)52(54,55)56)58-43(20-23-60-28-30-69-31-29-60)36-70-45-7-3-2-4-8-45;/h2-4,7-18,32,42-43,58H,5-6,19-31,33-37,57H2,1H3,(H,59,64);1H/t42-,43?,51?;/m0./s1. The van der Waals surface area contributed by atoms with Crippen LogP contribution in [0.15, 0.2) is 117 Å². The second-order valence-corrected chi connectivity index (χ2v) is 24.9. The Balaban J connectivity index is 0.00000780. The van der Waals surface area contributed by atoms with E-state index in [0.717, 1.165) is 107 Å². The molecule has 0 bridgehead atoms. The number of anilines is 2. The van der Waals surface area contributed by atoms with Crippen LogP contribution in [0.5, 0.6) is 0 Å². The number of nitrogens with zero attached hydrogens (tertiary/aromatic N) is 4. The number of sulfonamides is 1. The van der Waals surface area contributed by atoms with Gasteiger partial charge in [0.25, 0.3) is 25.8 Å². The summed E-state index contributed by atoms with van der Waals surface area (Å²) in [6.45, 7) is 12.4. The van der Waals surface area contributed by atoms with Crippen LogP contribution in [0.3, 0.4) is 0 Å². The Morgan fingerprint density at radius 3 is 2.26 bits per heavy atom. The zero-order valence-electron chi connectivity index (χ0n) is 41.0. The number of piperidine rings is 1. The van der Waals surface area contributed by atoms with Crippen LogP contribution in [-0.2, 0) is 24.6 Å². The molecule has 8 rings (SSSR count). The lowest BCUT2D eigenvalue weighted by Gasteiger charge is -2.44. The number of alkyl halides is 3. The first-order valence-corrected chi connectivity index (χ1v) is 29.0. The van der Waals surface area contributed by atoms with Gasteiger partial charge in [0.1, 0.15) is 4.90 Å². The number of morpholine rings is 1. The van der Waals surface area contributed by atoms with Crippen LogP contribution >= 0.6 is 35.8 Å². The largest absolute Gasteiger partial charge is 0.501 e. The van der Waals surface area contributed by atoms with Gasteiger partial charge in [0.2, 0.25) is 0 Å². The summed E-state index contributed by atoms with van der Waals surface area (Å²) in [6, 6.07) is 26.1. The molecule has 0 aromatic heterocycles. The SMILES string of the molecule is CC1(CN2CCC[C@H](N)C2)CCC(c2ccc(Cl)cc2)=C(CN2CCN(c3ccc(C(=O)NS(=O)(=O)c4ccc(NC(CCN5CCOCC5)CSc5ccccc5)c(S(=O)(=O)C(F)(F)F)c4)cc3)CC2)C1.Cl. The second-order valence-electron chi connectivity index (χ2n) is 19.8. The number of rotatable bonds is 18. The van der Waals surface area contributed by atoms with E-state index >= 15 is 0 Å². The summed E-state index contributed by atoms with van der Waals surface area (Å²) in [4.78, 5) is 21.7. The van der Waals surface area contributed by atoms with Crippen molar-refractivity contribution >= 4 is 78.5 Å². The third kappa shape index (κ3) is 14.9. The van der Waals surface area contributed by atoms with E-state index in [0.29, 0.717) is 56.1 Å². The van der Waals surface area contributed by atoms with Crippen molar-refractivity contribution in [2.45, 2.75) is 77.7 Å². The minimum Gasteiger partial charge on any atom is -0.380 e. The van der Waals surface area contributed by atoms with E-state index in [1.165, 1.54) is 40.6 Å². The topological polar surface area (TPSA) is 158 Å².